The highest BCUT2D eigenvalue weighted by molar-refractivity contribution is 6.34. The van der Waals surface area contributed by atoms with Gasteiger partial charge in [0.2, 0.25) is 6.79 Å². The number of pyridine rings is 1. The van der Waals surface area contributed by atoms with Crippen molar-refractivity contribution >= 4 is 28.3 Å². The molecule has 25 heavy (non-hydrogen) atoms. The van der Waals surface area contributed by atoms with Crippen LogP contribution in [0.25, 0.3) is 10.8 Å². The van der Waals surface area contributed by atoms with Crippen molar-refractivity contribution in [2.45, 2.75) is 0 Å². The van der Waals surface area contributed by atoms with Crippen LogP contribution in [0, 0.1) is 0 Å². The number of aromatic nitrogens is 1. The molecular weight excluding hydrogens is 350 g/mol. The average Bonchev–Trinajstić information content (AvgIpc) is 3.05. The monoisotopic (exact) mass is 359 g/mol. The summed E-state index contributed by atoms with van der Waals surface area (Å²) in [4.78, 5) is 14.8. The molecule has 4 rings (SSSR count). The van der Waals surface area contributed by atoms with Crippen LogP contribution in [0.2, 0.25) is 5.15 Å². The molecule has 0 amide bonds. The van der Waals surface area contributed by atoms with Gasteiger partial charge in [0.15, 0.2) is 22.9 Å². The normalized spacial score (nSPS) is 12.4. The molecule has 0 saturated carbocycles. The zero-order valence-corrected chi connectivity index (χ0v) is 13.3. The van der Waals surface area contributed by atoms with E-state index < -0.39 is 17.4 Å². The topological polar surface area (TPSA) is 98.1 Å². The van der Waals surface area contributed by atoms with E-state index >= 15 is 0 Å². The van der Waals surface area contributed by atoms with Crippen LogP contribution in [0.5, 0.6) is 28.7 Å². The Morgan fingerprint density at radius 2 is 1.80 bits per heavy atom. The number of fused-ring (bicyclic) bond motifs is 2. The van der Waals surface area contributed by atoms with Crippen molar-refractivity contribution < 1.29 is 29.2 Å². The van der Waals surface area contributed by atoms with Crippen LogP contribution in [-0.2, 0) is 0 Å². The lowest BCUT2D eigenvalue weighted by Crippen LogP contribution is -2.01. The molecular formula is C17H10ClNO6. The van der Waals surface area contributed by atoms with E-state index in [2.05, 4.69) is 4.98 Å². The highest BCUT2D eigenvalue weighted by atomic mass is 35.5. The van der Waals surface area contributed by atoms with Crippen LogP contribution in [-0.4, -0.2) is 28.0 Å². The van der Waals surface area contributed by atoms with Gasteiger partial charge in [0.1, 0.15) is 16.7 Å². The van der Waals surface area contributed by atoms with Crippen LogP contribution >= 0.6 is 11.6 Å². The first-order valence-electron chi connectivity index (χ1n) is 7.16. The molecule has 8 heteroatoms. The number of ether oxygens (including phenoxy) is 3. The van der Waals surface area contributed by atoms with Gasteiger partial charge in [-0.1, -0.05) is 11.6 Å². The van der Waals surface area contributed by atoms with E-state index in [9.17, 15) is 9.90 Å². The van der Waals surface area contributed by atoms with E-state index in [1.165, 1.54) is 6.07 Å². The number of aromatic hydroxyl groups is 1. The average molecular weight is 360 g/mol. The van der Waals surface area contributed by atoms with E-state index in [-0.39, 0.29) is 17.3 Å². The van der Waals surface area contributed by atoms with Gasteiger partial charge in [0.25, 0.3) is 0 Å². The number of carbonyl (C=O) groups is 1. The molecule has 0 fully saturated rings. The van der Waals surface area contributed by atoms with Crippen molar-refractivity contribution in [2.24, 2.45) is 0 Å². The number of aromatic carboxylic acids is 1. The van der Waals surface area contributed by atoms with Crippen molar-refractivity contribution in [3.8, 4) is 28.7 Å². The SMILES string of the molecule is O=C(O)c1nc(Cl)c2cc(Oc3ccc4c(c3)OCO4)ccc2c1O. The van der Waals surface area contributed by atoms with Gasteiger partial charge in [-0.2, -0.15) is 0 Å². The number of hydrogen-bond acceptors (Lipinski definition) is 6. The van der Waals surface area contributed by atoms with Gasteiger partial charge >= 0.3 is 5.97 Å². The Hall–Kier alpha value is -3.19. The molecule has 7 nitrogen and oxygen atoms in total. The highest BCUT2D eigenvalue weighted by Crippen LogP contribution is 2.38. The van der Waals surface area contributed by atoms with Crippen molar-refractivity contribution in [1.82, 2.24) is 4.98 Å². The smallest absolute Gasteiger partial charge is 0.358 e. The first-order chi connectivity index (χ1) is 12.0. The molecule has 1 aliphatic rings. The fraction of sp³-hybridized carbons (Fsp3) is 0.0588. The molecule has 2 heterocycles. The molecule has 0 bridgehead atoms. The summed E-state index contributed by atoms with van der Waals surface area (Å²) >= 11 is 6.05. The summed E-state index contributed by atoms with van der Waals surface area (Å²) in [5.41, 5.74) is -0.498. The van der Waals surface area contributed by atoms with Gasteiger partial charge in [-0.15, -0.1) is 0 Å². The van der Waals surface area contributed by atoms with Crippen molar-refractivity contribution in [2.75, 3.05) is 6.79 Å². The minimum absolute atomic E-state index is 0.0404. The molecule has 0 atom stereocenters. The molecule has 0 spiro atoms. The van der Waals surface area contributed by atoms with Gasteiger partial charge in [-0.3, -0.25) is 0 Å². The lowest BCUT2D eigenvalue weighted by Gasteiger charge is -2.10. The van der Waals surface area contributed by atoms with Crippen LogP contribution < -0.4 is 14.2 Å². The Kier molecular flexibility index (Phi) is 3.51. The number of hydrogen-bond donors (Lipinski definition) is 2. The summed E-state index contributed by atoms with van der Waals surface area (Å²) in [6.07, 6.45) is 0. The molecule has 2 N–H and O–H groups in total. The Labute approximate surface area is 146 Å². The zero-order chi connectivity index (χ0) is 17.6. The molecule has 2 aromatic carbocycles. The maximum absolute atomic E-state index is 11.1. The largest absolute Gasteiger partial charge is 0.505 e. The summed E-state index contributed by atoms with van der Waals surface area (Å²) in [7, 11) is 0. The van der Waals surface area contributed by atoms with Crippen molar-refractivity contribution in [3.05, 3.63) is 47.2 Å². The Morgan fingerprint density at radius 3 is 2.60 bits per heavy atom. The van der Waals surface area contributed by atoms with Gasteiger partial charge in [-0.05, 0) is 30.3 Å². The van der Waals surface area contributed by atoms with Crippen molar-refractivity contribution in [3.63, 3.8) is 0 Å². The summed E-state index contributed by atoms with van der Waals surface area (Å²) in [5.74, 6) is 0.395. The number of carboxylic acids is 1. The van der Waals surface area contributed by atoms with Gasteiger partial charge < -0.3 is 24.4 Å². The lowest BCUT2D eigenvalue weighted by atomic mass is 10.1. The minimum atomic E-state index is -1.36. The van der Waals surface area contributed by atoms with E-state index in [0.29, 0.717) is 28.4 Å². The number of carboxylic acid groups (broad SMARTS) is 1. The molecule has 126 valence electrons. The number of rotatable bonds is 3. The second-order valence-electron chi connectivity index (χ2n) is 5.23. The zero-order valence-electron chi connectivity index (χ0n) is 12.5. The van der Waals surface area contributed by atoms with E-state index in [4.69, 9.17) is 30.9 Å². The van der Waals surface area contributed by atoms with Crippen LogP contribution in [0.15, 0.2) is 36.4 Å². The van der Waals surface area contributed by atoms with Gasteiger partial charge in [0, 0.05) is 16.8 Å². The van der Waals surface area contributed by atoms with E-state index in [1.807, 2.05) is 0 Å². The summed E-state index contributed by atoms with van der Waals surface area (Å²) in [5, 5.41) is 19.7. The molecule has 0 saturated heterocycles. The lowest BCUT2D eigenvalue weighted by molar-refractivity contribution is 0.0687. The highest BCUT2D eigenvalue weighted by Gasteiger charge is 2.19. The fourth-order valence-electron chi connectivity index (χ4n) is 2.53. The van der Waals surface area contributed by atoms with Crippen LogP contribution in [0.1, 0.15) is 10.5 Å². The Balaban J connectivity index is 1.73. The van der Waals surface area contributed by atoms with Gasteiger partial charge in [-0.25, -0.2) is 9.78 Å². The number of benzene rings is 2. The fourth-order valence-corrected chi connectivity index (χ4v) is 2.77. The second kappa shape index (κ2) is 5.71. The third-order valence-electron chi connectivity index (χ3n) is 3.68. The summed E-state index contributed by atoms with van der Waals surface area (Å²) < 4.78 is 16.3. The van der Waals surface area contributed by atoms with Crippen LogP contribution in [0.3, 0.4) is 0 Å². The third kappa shape index (κ3) is 2.64. The van der Waals surface area contributed by atoms with E-state index in [1.54, 1.807) is 30.3 Å². The van der Waals surface area contributed by atoms with E-state index in [0.717, 1.165) is 0 Å². The third-order valence-corrected chi connectivity index (χ3v) is 3.97. The number of halogens is 1. The molecule has 0 unspecified atom stereocenters. The Morgan fingerprint density at radius 1 is 1.08 bits per heavy atom. The summed E-state index contributed by atoms with van der Waals surface area (Å²) in [6, 6.07) is 9.83. The van der Waals surface area contributed by atoms with Gasteiger partial charge in [0.05, 0.1) is 0 Å². The predicted octanol–water partition coefficient (Wildman–Crippen LogP) is 3.81. The molecule has 3 aromatic rings. The first kappa shape index (κ1) is 15.3. The second-order valence-corrected chi connectivity index (χ2v) is 5.59. The van der Waals surface area contributed by atoms with Crippen molar-refractivity contribution in [1.29, 1.82) is 0 Å². The summed E-state index contributed by atoms with van der Waals surface area (Å²) in [6.45, 7) is 0.168. The quantitative estimate of drug-likeness (QED) is 0.686. The molecule has 0 radical (unpaired) electrons. The minimum Gasteiger partial charge on any atom is -0.505 e. The molecule has 1 aromatic heterocycles. The predicted molar refractivity (Wildman–Crippen MR) is 88.0 cm³/mol. The maximum atomic E-state index is 11.1. The molecule has 1 aliphatic heterocycles. The standard InChI is InChI=1S/C17H10ClNO6/c18-16-11-5-8(1-3-10(11)15(20)14(19-16)17(21)22)25-9-2-4-12-13(6-9)24-7-23-12/h1-6,20H,7H2,(H,21,22). The Bertz CT molecular complexity index is 1020. The maximum Gasteiger partial charge on any atom is 0.358 e. The van der Waals surface area contributed by atoms with Crippen LogP contribution in [0.4, 0.5) is 0 Å². The molecule has 0 aliphatic carbocycles. The number of nitrogens with zero attached hydrogens (tertiary/aromatic N) is 1. The first-order valence-corrected chi connectivity index (χ1v) is 7.54.